The SMILES string of the molecule is OCCN1CCCCC1c1ccncn1. The molecule has 0 amide bonds. The quantitative estimate of drug-likeness (QED) is 0.803. The average molecular weight is 207 g/mol. The molecule has 1 unspecified atom stereocenters. The van der Waals surface area contributed by atoms with Crippen molar-refractivity contribution in [3.8, 4) is 0 Å². The zero-order chi connectivity index (χ0) is 10.5. The maximum absolute atomic E-state index is 9.01. The molecule has 0 aliphatic carbocycles. The van der Waals surface area contributed by atoms with E-state index >= 15 is 0 Å². The number of hydrogen-bond donors (Lipinski definition) is 1. The largest absolute Gasteiger partial charge is 0.395 e. The molecule has 4 nitrogen and oxygen atoms in total. The van der Waals surface area contributed by atoms with Gasteiger partial charge in [-0.2, -0.15) is 0 Å². The first kappa shape index (κ1) is 10.5. The van der Waals surface area contributed by atoms with Crippen molar-refractivity contribution in [2.45, 2.75) is 25.3 Å². The monoisotopic (exact) mass is 207 g/mol. The van der Waals surface area contributed by atoms with Gasteiger partial charge in [-0.3, -0.25) is 4.90 Å². The van der Waals surface area contributed by atoms with Crippen molar-refractivity contribution >= 4 is 0 Å². The van der Waals surface area contributed by atoms with Crippen LogP contribution in [0.2, 0.25) is 0 Å². The Kier molecular flexibility index (Phi) is 3.64. The smallest absolute Gasteiger partial charge is 0.115 e. The zero-order valence-electron chi connectivity index (χ0n) is 8.84. The second-order valence-corrected chi connectivity index (χ2v) is 3.91. The molecule has 0 radical (unpaired) electrons. The van der Waals surface area contributed by atoms with E-state index < -0.39 is 0 Å². The number of aliphatic hydroxyl groups is 1. The molecule has 2 rings (SSSR count). The average Bonchev–Trinajstić information content (AvgIpc) is 2.31. The summed E-state index contributed by atoms with van der Waals surface area (Å²) in [4.78, 5) is 10.5. The molecule has 1 aromatic rings. The Morgan fingerprint density at radius 1 is 1.47 bits per heavy atom. The zero-order valence-corrected chi connectivity index (χ0v) is 8.84. The van der Waals surface area contributed by atoms with Gasteiger partial charge in [-0.1, -0.05) is 6.42 Å². The first-order valence-electron chi connectivity index (χ1n) is 5.52. The van der Waals surface area contributed by atoms with Gasteiger partial charge < -0.3 is 5.11 Å². The van der Waals surface area contributed by atoms with Gasteiger partial charge in [0.2, 0.25) is 0 Å². The lowest BCUT2D eigenvalue weighted by molar-refractivity contribution is 0.114. The van der Waals surface area contributed by atoms with Crippen molar-refractivity contribution in [1.82, 2.24) is 14.9 Å². The van der Waals surface area contributed by atoms with Crippen LogP contribution >= 0.6 is 0 Å². The fourth-order valence-corrected chi connectivity index (χ4v) is 2.22. The number of aromatic nitrogens is 2. The standard InChI is InChI=1S/C11H17N3O/c15-8-7-14-6-2-1-3-11(14)10-4-5-12-9-13-10/h4-5,9,11,15H,1-3,6-8H2. The highest BCUT2D eigenvalue weighted by molar-refractivity contribution is 5.06. The van der Waals surface area contributed by atoms with E-state index in [2.05, 4.69) is 14.9 Å². The molecule has 0 bridgehead atoms. The summed E-state index contributed by atoms with van der Waals surface area (Å²) in [5.41, 5.74) is 1.08. The highest BCUT2D eigenvalue weighted by atomic mass is 16.3. The lowest BCUT2D eigenvalue weighted by Crippen LogP contribution is -2.35. The van der Waals surface area contributed by atoms with Crippen LogP contribution in [0.15, 0.2) is 18.6 Å². The normalized spacial score (nSPS) is 22.9. The molecular formula is C11H17N3O. The molecular weight excluding hydrogens is 190 g/mol. The van der Waals surface area contributed by atoms with Gasteiger partial charge in [-0.15, -0.1) is 0 Å². The molecule has 1 atom stereocenters. The minimum absolute atomic E-state index is 0.224. The third-order valence-electron chi connectivity index (χ3n) is 2.95. The number of hydrogen-bond acceptors (Lipinski definition) is 4. The Morgan fingerprint density at radius 2 is 2.40 bits per heavy atom. The maximum atomic E-state index is 9.01. The molecule has 0 aromatic carbocycles. The van der Waals surface area contributed by atoms with Crippen LogP contribution in [0.25, 0.3) is 0 Å². The second kappa shape index (κ2) is 5.19. The molecule has 1 aliphatic heterocycles. The summed E-state index contributed by atoms with van der Waals surface area (Å²) in [5.74, 6) is 0. The number of rotatable bonds is 3. The highest BCUT2D eigenvalue weighted by Gasteiger charge is 2.23. The Morgan fingerprint density at radius 3 is 3.13 bits per heavy atom. The predicted molar refractivity (Wildman–Crippen MR) is 57.3 cm³/mol. The minimum Gasteiger partial charge on any atom is -0.395 e. The van der Waals surface area contributed by atoms with Crippen LogP contribution in [0.4, 0.5) is 0 Å². The third kappa shape index (κ3) is 2.52. The van der Waals surface area contributed by atoms with Gasteiger partial charge in [0.1, 0.15) is 6.33 Å². The molecule has 1 aromatic heterocycles. The second-order valence-electron chi connectivity index (χ2n) is 3.91. The van der Waals surface area contributed by atoms with Crippen molar-refractivity contribution in [1.29, 1.82) is 0 Å². The topological polar surface area (TPSA) is 49.2 Å². The molecule has 15 heavy (non-hydrogen) atoms. The van der Waals surface area contributed by atoms with Gasteiger partial charge in [-0.05, 0) is 25.5 Å². The molecule has 0 spiro atoms. The molecule has 1 aliphatic rings. The van der Waals surface area contributed by atoms with E-state index in [0.717, 1.165) is 25.2 Å². The minimum atomic E-state index is 0.224. The van der Waals surface area contributed by atoms with Gasteiger partial charge in [0.25, 0.3) is 0 Å². The van der Waals surface area contributed by atoms with E-state index in [1.165, 1.54) is 12.8 Å². The summed E-state index contributed by atoms with van der Waals surface area (Å²) in [6.45, 7) is 2.03. The molecule has 82 valence electrons. The molecule has 1 fully saturated rings. The molecule has 4 heteroatoms. The van der Waals surface area contributed by atoms with E-state index in [1.54, 1.807) is 12.5 Å². The summed E-state index contributed by atoms with van der Waals surface area (Å²) < 4.78 is 0. The maximum Gasteiger partial charge on any atom is 0.115 e. The number of piperidine rings is 1. The summed E-state index contributed by atoms with van der Waals surface area (Å²) in [6, 6.07) is 2.34. The first-order chi connectivity index (χ1) is 7.42. The molecule has 2 heterocycles. The predicted octanol–water partition coefficient (Wildman–Crippen LogP) is 0.996. The molecule has 1 saturated heterocycles. The van der Waals surface area contributed by atoms with Crippen molar-refractivity contribution in [2.24, 2.45) is 0 Å². The van der Waals surface area contributed by atoms with Crippen LogP contribution in [0.5, 0.6) is 0 Å². The molecule has 0 saturated carbocycles. The van der Waals surface area contributed by atoms with E-state index in [1.807, 2.05) is 6.07 Å². The summed E-state index contributed by atoms with van der Waals surface area (Å²) in [5, 5.41) is 9.01. The van der Waals surface area contributed by atoms with Crippen LogP contribution < -0.4 is 0 Å². The number of nitrogens with zero attached hydrogens (tertiary/aromatic N) is 3. The van der Waals surface area contributed by atoms with E-state index in [9.17, 15) is 0 Å². The van der Waals surface area contributed by atoms with E-state index in [-0.39, 0.29) is 6.61 Å². The van der Waals surface area contributed by atoms with Gasteiger partial charge in [-0.25, -0.2) is 9.97 Å². The van der Waals surface area contributed by atoms with Gasteiger partial charge in [0.15, 0.2) is 0 Å². The van der Waals surface area contributed by atoms with Crippen LogP contribution in [0.3, 0.4) is 0 Å². The Balaban J connectivity index is 2.11. The lowest BCUT2D eigenvalue weighted by Gasteiger charge is -2.34. The summed E-state index contributed by atoms with van der Waals surface area (Å²) >= 11 is 0. The van der Waals surface area contributed by atoms with Crippen molar-refractivity contribution in [3.05, 3.63) is 24.3 Å². The number of likely N-dealkylation sites (tertiary alicyclic amines) is 1. The van der Waals surface area contributed by atoms with Crippen molar-refractivity contribution in [2.75, 3.05) is 19.7 Å². The number of aliphatic hydroxyl groups excluding tert-OH is 1. The lowest BCUT2D eigenvalue weighted by atomic mass is 9.99. The van der Waals surface area contributed by atoms with Crippen LogP contribution in [0.1, 0.15) is 31.0 Å². The fourth-order valence-electron chi connectivity index (χ4n) is 2.22. The van der Waals surface area contributed by atoms with E-state index in [0.29, 0.717) is 6.04 Å². The first-order valence-corrected chi connectivity index (χ1v) is 5.52. The molecule has 1 N–H and O–H groups in total. The van der Waals surface area contributed by atoms with Gasteiger partial charge >= 0.3 is 0 Å². The van der Waals surface area contributed by atoms with Crippen molar-refractivity contribution in [3.63, 3.8) is 0 Å². The van der Waals surface area contributed by atoms with Crippen LogP contribution in [-0.4, -0.2) is 39.7 Å². The van der Waals surface area contributed by atoms with Crippen LogP contribution in [-0.2, 0) is 0 Å². The summed E-state index contributed by atoms with van der Waals surface area (Å²) in [6.07, 6.45) is 6.99. The Hall–Kier alpha value is -1.00. The van der Waals surface area contributed by atoms with Gasteiger partial charge in [0.05, 0.1) is 18.3 Å². The van der Waals surface area contributed by atoms with Gasteiger partial charge in [0, 0.05) is 12.7 Å². The Labute approximate surface area is 90.0 Å². The third-order valence-corrected chi connectivity index (χ3v) is 2.95. The summed E-state index contributed by atoms with van der Waals surface area (Å²) in [7, 11) is 0. The number of β-amino-alcohol motifs (C(OH)–C–C–N with tert-alkyl or cyclic N) is 1. The van der Waals surface area contributed by atoms with Crippen LogP contribution in [0, 0.1) is 0 Å². The Bertz CT molecular complexity index is 289. The van der Waals surface area contributed by atoms with E-state index in [4.69, 9.17) is 5.11 Å². The highest BCUT2D eigenvalue weighted by Crippen LogP contribution is 2.28. The van der Waals surface area contributed by atoms with Crippen molar-refractivity contribution < 1.29 is 5.11 Å². The fraction of sp³-hybridized carbons (Fsp3) is 0.636.